The molecule has 0 spiro atoms. The minimum absolute atomic E-state index is 0.209. The van der Waals surface area contributed by atoms with Crippen molar-refractivity contribution >= 4 is 0 Å². The molecule has 3 aliphatic rings. The van der Waals surface area contributed by atoms with Gasteiger partial charge in [-0.3, -0.25) is 4.68 Å². The predicted octanol–water partition coefficient (Wildman–Crippen LogP) is 3.30. The highest BCUT2D eigenvalue weighted by molar-refractivity contribution is 5.10. The maximum atomic E-state index is 6.03. The normalized spacial score (nSPS) is 39.0. The molecule has 4 heteroatoms. The summed E-state index contributed by atoms with van der Waals surface area (Å²) in [6.07, 6.45) is 8.99. The number of nitrogens with one attached hydrogen (secondary N) is 1. The zero-order valence-electron chi connectivity index (χ0n) is 14.8. The van der Waals surface area contributed by atoms with E-state index < -0.39 is 0 Å². The van der Waals surface area contributed by atoms with Crippen LogP contribution < -0.4 is 5.32 Å². The summed E-state index contributed by atoms with van der Waals surface area (Å²) in [7, 11) is 2.02. The van der Waals surface area contributed by atoms with Crippen LogP contribution in [0, 0.1) is 23.2 Å². The van der Waals surface area contributed by atoms with Gasteiger partial charge in [0.05, 0.1) is 5.69 Å². The molecular formula is C19H31N3O. The summed E-state index contributed by atoms with van der Waals surface area (Å²) < 4.78 is 8.00. The molecule has 2 saturated carbocycles. The van der Waals surface area contributed by atoms with Gasteiger partial charge in [0.2, 0.25) is 0 Å². The van der Waals surface area contributed by atoms with Gasteiger partial charge in [-0.25, -0.2) is 0 Å². The Balaban J connectivity index is 1.40. The lowest BCUT2D eigenvalue weighted by Gasteiger charge is -2.61. The van der Waals surface area contributed by atoms with Crippen molar-refractivity contribution in [1.29, 1.82) is 0 Å². The van der Waals surface area contributed by atoms with Crippen molar-refractivity contribution in [2.24, 2.45) is 30.2 Å². The summed E-state index contributed by atoms with van der Waals surface area (Å²) in [5.74, 6) is 2.43. The van der Waals surface area contributed by atoms with E-state index >= 15 is 0 Å². The average molecular weight is 317 g/mol. The van der Waals surface area contributed by atoms with Gasteiger partial charge in [0.1, 0.15) is 6.10 Å². The van der Waals surface area contributed by atoms with Gasteiger partial charge in [-0.2, -0.15) is 5.10 Å². The summed E-state index contributed by atoms with van der Waals surface area (Å²) in [5.41, 5.74) is 1.68. The van der Waals surface area contributed by atoms with E-state index in [2.05, 4.69) is 30.3 Å². The van der Waals surface area contributed by atoms with E-state index in [4.69, 9.17) is 4.74 Å². The van der Waals surface area contributed by atoms with Crippen molar-refractivity contribution in [1.82, 2.24) is 15.1 Å². The summed E-state index contributed by atoms with van der Waals surface area (Å²) in [6, 6.07) is 2.80. The van der Waals surface area contributed by atoms with E-state index in [-0.39, 0.29) is 6.10 Å². The first-order valence-electron chi connectivity index (χ1n) is 9.42. The zero-order chi connectivity index (χ0) is 16.0. The van der Waals surface area contributed by atoms with Crippen molar-refractivity contribution in [2.75, 3.05) is 13.2 Å². The highest BCUT2D eigenvalue weighted by Gasteiger charge is 2.56. The van der Waals surface area contributed by atoms with Crippen LogP contribution >= 0.6 is 0 Å². The molecule has 0 bridgehead atoms. The molecule has 0 radical (unpaired) electrons. The number of nitrogens with zero attached hydrogens (tertiary/aromatic N) is 2. The maximum absolute atomic E-state index is 6.03. The van der Waals surface area contributed by atoms with Gasteiger partial charge in [0.25, 0.3) is 0 Å². The van der Waals surface area contributed by atoms with Gasteiger partial charge in [-0.1, -0.05) is 26.7 Å². The quantitative estimate of drug-likeness (QED) is 0.926. The zero-order valence-corrected chi connectivity index (χ0v) is 14.8. The second-order valence-corrected chi connectivity index (χ2v) is 8.48. The van der Waals surface area contributed by atoms with Gasteiger partial charge >= 0.3 is 0 Å². The molecule has 3 fully saturated rings. The Bertz CT molecular complexity index is 553. The molecule has 1 N–H and O–H groups in total. The van der Waals surface area contributed by atoms with E-state index in [1.54, 1.807) is 0 Å². The number of hydrogen-bond acceptors (Lipinski definition) is 3. The van der Waals surface area contributed by atoms with Gasteiger partial charge < -0.3 is 10.1 Å². The number of fused-ring (bicyclic) bond motifs is 1. The van der Waals surface area contributed by atoms with E-state index in [1.807, 2.05) is 17.9 Å². The lowest BCUT2D eigenvalue weighted by atomic mass is 9.47. The first-order chi connectivity index (χ1) is 11.1. The SMILES string of the molecule is Cn1nccc1[C@@H]1OCC[C@H]1CNC1[C@@H]2CCCC[C@@H]2C1(C)C. The van der Waals surface area contributed by atoms with Crippen molar-refractivity contribution in [3.05, 3.63) is 18.0 Å². The van der Waals surface area contributed by atoms with Crippen LogP contribution in [-0.2, 0) is 11.8 Å². The molecule has 1 saturated heterocycles. The number of ether oxygens (including phenoxy) is 1. The molecule has 5 atom stereocenters. The highest BCUT2D eigenvalue weighted by atomic mass is 16.5. The van der Waals surface area contributed by atoms with Crippen molar-refractivity contribution in [3.8, 4) is 0 Å². The molecule has 4 nitrogen and oxygen atoms in total. The summed E-state index contributed by atoms with van der Waals surface area (Å²) >= 11 is 0. The third kappa shape index (κ3) is 2.54. The Morgan fingerprint density at radius 3 is 2.91 bits per heavy atom. The average Bonchev–Trinajstić information content (AvgIpc) is 3.15. The van der Waals surface area contributed by atoms with Crippen LogP contribution in [0.4, 0.5) is 0 Å². The van der Waals surface area contributed by atoms with Crippen molar-refractivity contribution in [3.63, 3.8) is 0 Å². The van der Waals surface area contributed by atoms with E-state index in [0.29, 0.717) is 17.4 Å². The van der Waals surface area contributed by atoms with Gasteiger partial charge in [-0.05, 0) is 42.6 Å². The molecule has 128 valence electrons. The second-order valence-electron chi connectivity index (χ2n) is 8.48. The molecule has 0 amide bonds. The maximum Gasteiger partial charge on any atom is 0.103 e. The lowest BCUT2D eigenvalue weighted by molar-refractivity contribution is -0.0893. The van der Waals surface area contributed by atoms with E-state index in [1.165, 1.54) is 31.4 Å². The smallest absolute Gasteiger partial charge is 0.103 e. The first-order valence-corrected chi connectivity index (χ1v) is 9.42. The summed E-state index contributed by atoms with van der Waals surface area (Å²) in [6.45, 7) is 6.90. The molecule has 1 unspecified atom stereocenters. The minimum Gasteiger partial charge on any atom is -0.372 e. The van der Waals surface area contributed by atoms with Crippen molar-refractivity contribution < 1.29 is 4.74 Å². The third-order valence-electron chi connectivity index (χ3n) is 6.97. The van der Waals surface area contributed by atoms with Crippen LogP contribution in [0.3, 0.4) is 0 Å². The fourth-order valence-electron chi connectivity index (χ4n) is 5.67. The number of hydrogen-bond donors (Lipinski definition) is 1. The summed E-state index contributed by atoms with van der Waals surface area (Å²) in [5, 5.41) is 8.26. The predicted molar refractivity (Wildman–Crippen MR) is 91.0 cm³/mol. The molecular weight excluding hydrogens is 286 g/mol. The standard InChI is InChI=1S/C19H31N3O/c1-19(2)15-7-5-4-6-14(15)18(19)20-12-13-9-11-23-17(13)16-8-10-21-22(16)3/h8,10,13-15,17-18,20H,4-7,9,11-12H2,1-3H3/t13-,14+,15-,17+,18?/m0/s1. The minimum atomic E-state index is 0.209. The summed E-state index contributed by atoms with van der Waals surface area (Å²) in [4.78, 5) is 0. The molecule has 2 heterocycles. The Morgan fingerprint density at radius 2 is 2.13 bits per heavy atom. The topological polar surface area (TPSA) is 39.1 Å². The van der Waals surface area contributed by atoms with Crippen LogP contribution in [0.5, 0.6) is 0 Å². The van der Waals surface area contributed by atoms with E-state index in [9.17, 15) is 0 Å². The molecule has 4 rings (SSSR count). The van der Waals surface area contributed by atoms with Crippen molar-refractivity contribution in [2.45, 2.75) is 58.1 Å². The fourth-order valence-corrected chi connectivity index (χ4v) is 5.67. The third-order valence-corrected chi connectivity index (χ3v) is 6.97. The number of aromatic nitrogens is 2. The lowest BCUT2D eigenvalue weighted by Crippen LogP contribution is -2.65. The Kier molecular flexibility index (Phi) is 4.01. The van der Waals surface area contributed by atoms with Crippen LogP contribution in [0.2, 0.25) is 0 Å². The second kappa shape index (κ2) is 5.89. The monoisotopic (exact) mass is 317 g/mol. The molecule has 1 aromatic rings. The molecule has 1 aliphatic heterocycles. The Labute approximate surface area is 140 Å². The largest absolute Gasteiger partial charge is 0.372 e. The van der Waals surface area contributed by atoms with Crippen LogP contribution in [0.1, 0.15) is 57.7 Å². The molecule has 2 aliphatic carbocycles. The first kappa shape index (κ1) is 15.6. The molecule has 0 aromatic carbocycles. The van der Waals surface area contributed by atoms with Gasteiger partial charge in [0, 0.05) is 38.4 Å². The highest BCUT2D eigenvalue weighted by Crippen LogP contribution is 2.57. The fraction of sp³-hybridized carbons (Fsp3) is 0.842. The van der Waals surface area contributed by atoms with Crippen LogP contribution in [0.15, 0.2) is 12.3 Å². The van der Waals surface area contributed by atoms with Gasteiger partial charge in [-0.15, -0.1) is 0 Å². The van der Waals surface area contributed by atoms with E-state index in [0.717, 1.165) is 31.4 Å². The molecule has 23 heavy (non-hydrogen) atoms. The molecule has 1 aromatic heterocycles. The van der Waals surface area contributed by atoms with Crippen LogP contribution in [0.25, 0.3) is 0 Å². The van der Waals surface area contributed by atoms with Crippen LogP contribution in [-0.4, -0.2) is 29.0 Å². The van der Waals surface area contributed by atoms with Gasteiger partial charge in [0.15, 0.2) is 0 Å². The number of aryl methyl sites for hydroxylation is 1. The number of rotatable bonds is 4. The Hall–Kier alpha value is -0.870. The Morgan fingerprint density at radius 1 is 1.30 bits per heavy atom.